The van der Waals surface area contributed by atoms with Crippen LogP contribution in [0.5, 0.6) is 0 Å². The Balaban J connectivity index is 2.29. The van der Waals surface area contributed by atoms with E-state index in [4.69, 9.17) is 0 Å². The first-order valence-electron chi connectivity index (χ1n) is 5.11. The lowest BCUT2D eigenvalue weighted by Gasteiger charge is -2.27. The van der Waals surface area contributed by atoms with Crippen molar-refractivity contribution in [2.45, 2.75) is 26.3 Å². The van der Waals surface area contributed by atoms with E-state index in [9.17, 15) is 0 Å². The van der Waals surface area contributed by atoms with Gasteiger partial charge in [-0.15, -0.1) is 0 Å². The number of guanidine groups is 1. The Bertz CT molecular complexity index is 249. The van der Waals surface area contributed by atoms with Gasteiger partial charge < -0.3 is 0 Å². The highest BCUT2D eigenvalue weighted by atomic mass is 15.5. The molecule has 0 aromatic heterocycles. The van der Waals surface area contributed by atoms with E-state index >= 15 is 0 Å². The van der Waals surface area contributed by atoms with Crippen molar-refractivity contribution in [1.82, 2.24) is 9.80 Å². The maximum atomic E-state index is 2.51. The number of hydrogen-bond acceptors (Lipinski definition) is 2. The van der Waals surface area contributed by atoms with Gasteiger partial charge in [-0.3, -0.25) is 14.4 Å². The monoisotopic (exact) mass is 182 g/mol. The summed E-state index contributed by atoms with van der Waals surface area (Å²) in [7, 11) is 2.19. The number of fused-ring (bicyclic) bond motifs is 1. The van der Waals surface area contributed by atoms with Crippen LogP contribution in [0.3, 0.4) is 0 Å². The van der Waals surface area contributed by atoms with Crippen LogP contribution in [0.2, 0.25) is 0 Å². The highest BCUT2D eigenvalue weighted by molar-refractivity contribution is 5.79. The Labute approximate surface area is 80.6 Å². The van der Waals surface area contributed by atoms with Crippen LogP contribution in [0.4, 0.5) is 0 Å². The maximum absolute atomic E-state index is 2.51. The molecule has 2 heterocycles. The standard InChI is InChI=1S/C10H20N3/c1-10(2,3)13-8-7-12-6-5-11(4)9(12)13/h5-8H2,1-4H3/q+1. The average Bonchev–Trinajstić information content (AvgIpc) is 2.51. The Morgan fingerprint density at radius 2 is 1.85 bits per heavy atom. The molecule has 0 saturated carbocycles. The zero-order chi connectivity index (χ0) is 9.64. The highest BCUT2D eigenvalue weighted by Crippen LogP contribution is 2.22. The van der Waals surface area contributed by atoms with Crippen molar-refractivity contribution in [2.75, 3.05) is 33.2 Å². The van der Waals surface area contributed by atoms with Crippen molar-refractivity contribution in [2.24, 2.45) is 0 Å². The zero-order valence-corrected chi connectivity index (χ0v) is 9.17. The van der Waals surface area contributed by atoms with Crippen molar-refractivity contribution in [1.29, 1.82) is 0 Å². The zero-order valence-electron chi connectivity index (χ0n) is 9.17. The van der Waals surface area contributed by atoms with E-state index in [2.05, 4.69) is 42.2 Å². The summed E-state index contributed by atoms with van der Waals surface area (Å²) in [5.74, 6) is 1.44. The van der Waals surface area contributed by atoms with Crippen LogP contribution in [0.25, 0.3) is 0 Å². The van der Waals surface area contributed by atoms with Gasteiger partial charge in [-0.2, -0.15) is 0 Å². The Morgan fingerprint density at radius 1 is 1.15 bits per heavy atom. The van der Waals surface area contributed by atoms with Gasteiger partial charge in [-0.05, 0) is 20.8 Å². The summed E-state index contributed by atoms with van der Waals surface area (Å²) in [4.78, 5) is 5.01. The summed E-state index contributed by atoms with van der Waals surface area (Å²) in [6.07, 6.45) is 0. The molecule has 1 fully saturated rings. The first-order valence-corrected chi connectivity index (χ1v) is 5.11. The molecule has 0 atom stereocenters. The molecule has 0 aromatic rings. The van der Waals surface area contributed by atoms with E-state index in [0.29, 0.717) is 0 Å². The van der Waals surface area contributed by atoms with E-state index in [1.54, 1.807) is 0 Å². The molecule has 0 amide bonds. The smallest absolute Gasteiger partial charge is 0.264 e. The van der Waals surface area contributed by atoms with Gasteiger partial charge in [0.15, 0.2) is 0 Å². The van der Waals surface area contributed by atoms with Crippen molar-refractivity contribution in [3.63, 3.8) is 0 Å². The Morgan fingerprint density at radius 3 is 2.46 bits per heavy atom. The van der Waals surface area contributed by atoms with Gasteiger partial charge in [-0.1, -0.05) is 0 Å². The van der Waals surface area contributed by atoms with Crippen LogP contribution >= 0.6 is 0 Å². The summed E-state index contributed by atoms with van der Waals surface area (Å²) < 4.78 is 2.37. The van der Waals surface area contributed by atoms with Crippen molar-refractivity contribution in [3.8, 4) is 0 Å². The fraction of sp³-hybridized carbons (Fsp3) is 0.900. The van der Waals surface area contributed by atoms with E-state index in [1.807, 2.05) is 0 Å². The molecule has 2 aliphatic heterocycles. The van der Waals surface area contributed by atoms with Crippen molar-refractivity contribution in [3.05, 3.63) is 0 Å². The predicted octanol–water partition coefficient (Wildman–Crippen LogP) is 0.414. The molecule has 0 aliphatic carbocycles. The summed E-state index contributed by atoms with van der Waals surface area (Å²) in [5, 5.41) is 0. The first-order chi connectivity index (χ1) is 6.00. The first kappa shape index (κ1) is 8.85. The van der Waals surface area contributed by atoms with Crippen LogP contribution in [0, 0.1) is 0 Å². The van der Waals surface area contributed by atoms with Crippen molar-refractivity contribution < 1.29 is 4.58 Å². The van der Waals surface area contributed by atoms with Crippen LogP contribution in [0.15, 0.2) is 0 Å². The minimum Gasteiger partial charge on any atom is -0.264 e. The Kier molecular flexibility index (Phi) is 1.79. The molecule has 0 aromatic carbocycles. The van der Waals surface area contributed by atoms with Gasteiger partial charge in [0.2, 0.25) is 0 Å². The lowest BCUT2D eigenvalue weighted by atomic mass is 10.1. The number of hydrogen-bond donors (Lipinski definition) is 0. The molecule has 0 unspecified atom stereocenters. The molecule has 74 valence electrons. The second-order valence-corrected chi connectivity index (χ2v) is 5.03. The molecule has 2 aliphatic rings. The van der Waals surface area contributed by atoms with Crippen LogP contribution < -0.4 is 0 Å². The lowest BCUT2D eigenvalue weighted by Crippen LogP contribution is -2.46. The van der Waals surface area contributed by atoms with E-state index in [1.165, 1.54) is 32.1 Å². The molecule has 0 N–H and O–H groups in total. The molecule has 0 spiro atoms. The third kappa shape index (κ3) is 1.30. The van der Waals surface area contributed by atoms with Gasteiger partial charge in [0, 0.05) is 0 Å². The fourth-order valence-electron chi connectivity index (χ4n) is 2.26. The predicted molar refractivity (Wildman–Crippen MR) is 54.1 cm³/mol. The van der Waals surface area contributed by atoms with Gasteiger partial charge in [0.25, 0.3) is 0 Å². The molecule has 0 bridgehead atoms. The van der Waals surface area contributed by atoms with Gasteiger partial charge in [-0.25, -0.2) is 0 Å². The summed E-state index contributed by atoms with van der Waals surface area (Å²) in [6, 6.07) is 0. The SMILES string of the molecule is C[N+]1=C2N(CCN2C(C)(C)C)CC1. The quantitative estimate of drug-likeness (QED) is 0.502. The largest absolute Gasteiger partial charge is 0.351 e. The van der Waals surface area contributed by atoms with E-state index < -0.39 is 0 Å². The highest BCUT2D eigenvalue weighted by Gasteiger charge is 2.44. The van der Waals surface area contributed by atoms with Gasteiger partial charge in [0.1, 0.15) is 0 Å². The molecule has 3 nitrogen and oxygen atoms in total. The van der Waals surface area contributed by atoms with Crippen LogP contribution in [-0.4, -0.2) is 59.1 Å². The Hall–Kier alpha value is -0.730. The average molecular weight is 182 g/mol. The summed E-state index contributed by atoms with van der Waals surface area (Å²) >= 11 is 0. The molecular weight excluding hydrogens is 162 g/mol. The molecular formula is C10H20N3+. The molecule has 13 heavy (non-hydrogen) atoms. The summed E-state index contributed by atoms with van der Waals surface area (Å²) in [6.45, 7) is 11.6. The second-order valence-electron chi connectivity index (χ2n) is 5.03. The van der Waals surface area contributed by atoms with Gasteiger partial charge in [0.05, 0.1) is 38.8 Å². The molecule has 1 saturated heterocycles. The molecule has 2 rings (SSSR count). The number of nitrogens with zero attached hydrogens (tertiary/aromatic N) is 3. The minimum atomic E-state index is 0.267. The molecule has 0 radical (unpaired) electrons. The topological polar surface area (TPSA) is 9.49 Å². The summed E-state index contributed by atoms with van der Waals surface area (Å²) in [5.41, 5.74) is 0.267. The van der Waals surface area contributed by atoms with Crippen molar-refractivity contribution >= 4 is 5.96 Å². The third-order valence-corrected chi connectivity index (χ3v) is 2.97. The normalized spacial score (nSPS) is 23.1. The van der Waals surface area contributed by atoms with Gasteiger partial charge >= 0.3 is 5.96 Å². The third-order valence-electron chi connectivity index (χ3n) is 2.97. The van der Waals surface area contributed by atoms with E-state index in [-0.39, 0.29) is 5.54 Å². The number of rotatable bonds is 0. The van der Waals surface area contributed by atoms with E-state index in [0.717, 1.165) is 0 Å². The lowest BCUT2D eigenvalue weighted by molar-refractivity contribution is -0.492. The molecule has 3 heteroatoms. The van der Waals surface area contributed by atoms with Crippen LogP contribution in [0.1, 0.15) is 20.8 Å². The minimum absolute atomic E-state index is 0.267. The number of likely N-dealkylation sites (N-methyl/N-ethyl adjacent to an activating group) is 1. The maximum Gasteiger partial charge on any atom is 0.351 e. The van der Waals surface area contributed by atoms with Crippen LogP contribution in [-0.2, 0) is 0 Å². The fourth-order valence-corrected chi connectivity index (χ4v) is 2.26. The second kappa shape index (κ2) is 2.63.